The van der Waals surface area contributed by atoms with Gasteiger partial charge in [-0.2, -0.15) is 26.3 Å². The summed E-state index contributed by atoms with van der Waals surface area (Å²) < 4.78 is 111. The highest BCUT2D eigenvalue weighted by molar-refractivity contribution is 14.1. The van der Waals surface area contributed by atoms with Gasteiger partial charge in [0.25, 0.3) is 5.91 Å². The van der Waals surface area contributed by atoms with Crippen molar-refractivity contribution in [3.05, 3.63) is 32.9 Å². The van der Waals surface area contributed by atoms with Gasteiger partial charge >= 0.3 is 12.4 Å². The van der Waals surface area contributed by atoms with Crippen molar-refractivity contribution in [3.8, 4) is 0 Å². The number of carbonyl (C=O) groups excluding carboxylic acids is 1. The number of amides is 1. The van der Waals surface area contributed by atoms with Crippen molar-refractivity contribution >= 4 is 38.6 Å². The number of rotatable bonds is 4. The van der Waals surface area contributed by atoms with Crippen LogP contribution in [0.25, 0.3) is 0 Å². The van der Waals surface area contributed by atoms with Gasteiger partial charge in [0, 0.05) is 9.13 Å². The van der Waals surface area contributed by atoms with E-state index in [9.17, 15) is 44.1 Å². The molecular weight excluding hydrogens is 495 g/mol. The van der Waals surface area contributed by atoms with Crippen LogP contribution in [0.1, 0.15) is 15.9 Å². The largest absolute Gasteiger partial charge is 0.748 e. The van der Waals surface area contributed by atoms with E-state index in [1.807, 2.05) is 22.6 Å². The molecule has 1 rings (SSSR count). The number of aryl methyl sites for hydroxylation is 1. The Balaban J connectivity index is 3.46. The molecule has 142 valence electrons. The number of halogens is 7. The molecule has 1 aromatic rings. The Labute approximate surface area is 151 Å². The van der Waals surface area contributed by atoms with E-state index in [4.69, 9.17) is 0 Å². The summed E-state index contributed by atoms with van der Waals surface area (Å²) >= 11 is 1.82. The molecule has 0 atom stereocenters. The fourth-order valence-corrected chi connectivity index (χ4v) is 3.08. The Hall–Kier alpha value is -1.09. The summed E-state index contributed by atoms with van der Waals surface area (Å²) in [5.41, 5.74) is -5.39. The molecule has 1 amide bonds. The quantitative estimate of drug-likeness (QED) is 0.389. The maximum Gasteiger partial charge on any atom is 0.421 e. The summed E-state index contributed by atoms with van der Waals surface area (Å²) in [7, 11) is -6.00. The minimum atomic E-state index is -6.28. The number of hydrogen-bond donors (Lipinski definition) is 1. The first-order valence-electron chi connectivity index (χ1n) is 6.16. The molecule has 0 fully saturated rings. The van der Waals surface area contributed by atoms with Crippen LogP contribution in [0.15, 0.2) is 18.2 Å². The van der Waals surface area contributed by atoms with E-state index in [1.165, 1.54) is 13.0 Å². The Morgan fingerprint density at radius 1 is 1.16 bits per heavy atom. The second-order valence-corrected chi connectivity index (χ2v) is 7.59. The standard InChI is InChI=1S/C12H10F6INO4S/c1-6-4-7(2-3-8(6)19)9(21)20-10(11(13,14)15,12(16,17)18)5-25(22,23)24/h2-4H,5H2,1H3,(H,20,21)(H,22,23,24)/p-1. The van der Waals surface area contributed by atoms with Crippen LogP contribution in [0.2, 0.25) is 0 Å². The van der Waals surface area contributed by atoms with E-state index < -0.39 is 45.2 Å². The number of hydrogen-bond acceptors (Lipinski definition) is 4. The number of carbonyl (C=O) groups is 1. The van der Waals surface area contributed by atoms with Crippen LogP contribution in [-0.2, 0) is 10.1 Å². The molecular formula is C12H9F6INO4S-. The predicted octanol–water partition coefficient (Wildman–Crippen LogP) is 2.74. The molecule has 0 aromatic heterocycles. The fourth-order valence-electron chi connectivity index (χ4n) is 1.82. The van der Waals surface area contributed by atoms with Crippen molar-refractivity contribution in [2.75, 3.05) is 5.75 Å². The average molecular weight is 504 g/mol. The zero-order chi connectivity index (χ0) is 19.8. The van der Waals surface area contributed by atoms with Crippen LogP contribution < -0.4 is 5.32 Å². The Bertz CT molecular complexity index is 761. The van der Waals surface area contributed by atoms with Crippen LogP contribution in [0.3, 0.4) is 0 Å². The first-order valence-corrected chi connectivity index (χ1v) is 8.81. The molecule has 0 spiro atoms. The van der Waals surface area contributed by atoms with Crippen molar-refractivity contribution in [1.29, 1.82) is 0 Å². The monoisotopic (exact) mass is 504 g/mol. The molecule has 5 nitrogen and oxygen atoms in total. The summed E-state index contributed by atoms with van der Waals surface area (Å²) in [6, 6.07) is 3.27. The maximum absolute atomic E-state index is 13.1. The van der Waals surface area contributed by atoms with Gasteiger partial charge in [-0.15, -0.1) is 0 Å². The highest BCUT2D eigenvalue weighted by Crippen LogP contribution is 2.44. The van der Waals surface area contributed by atoms with Crippen LogP contribution in [-0.4, -0.2) is 42.5 Å². The molecule has 0 unspecified atom stereocenters. The van der Waals surface area contributed by atoms with Crippen molar-refractivity contribution in [3.63, 3.8) is 0 Å². The SMILES string of the molecule is Cc1cc(C(=O)NC(CS(=O)(=O)[O-])(C(F)(F)F)C(F)(F)F)ccc1I. The lowest BCUT2D eigenvalue weighted by Gasteiger charge is -2.38. The molecule has 0 aliphatic rings. The normalized spacial score (nSPS) is 13.6. The molecule has 0 saturated carbocycles. The van der Waals surface area contributed by atoms with Gasteiger partial charge in [0.15, 0.2) is 0 Å². The van der Waals surface area contributed by atoms with Crippen LogP contribution in [0.4, 0.5) is 26.3 Å². The van der Waals surface area contributed by atoms with Gasteiger partial charge < -0.3 is 9.87 Å². The van der Waals surface area contributed by atoms with Gasteiger partial charge in [-0.05, 0) is 53.3 Å². The smallest absolute Gasteiger partial charge is 0.421 e. The summed E-state index contributed by atoms with van der Waals surface area (Å²) in [5, 5.41) is 0.659. The number of alkyl halides is 6. The minimum absolute atomic E-state index is 0.398. The fraction of sp³-hybridized carbons (Fsp3) is 0.417. The second kappa shape index (κ2) is 6.90. The van der Waals surface area contributed by atoms with Crippen LogP contribution in [0.5, 0.6) is 0 Å². The number of benzene rings is 1. The molecule has 0 heterocycles. The van der Waals surface area contributed by atoms with Gasteiger partial charge in [0.05, 0.1) is 15.9 Å². The second-order valence-electron chi connectivity index (χ2n) is 5.02. The van der Waals surface area contributed by atoms with Crippen LogP contribution >= 0.6 is 22.6 Å². The third kappa shape index (κ3) is 4.97. The van der Waals surface area contributed by atoms with Gasteiger partial charge in [-0.25, -0.2) is 8.42 Å². The lowest BCUT2D eigenvalue weighted by molar-refractivity contribution is -0.296. The molecule has 0 bridgehead atoms. The van der Waals surface area contributed by atoms with Crippen molar-refractivity contribution in [1.82, 2.24) is 5.32 Å². The Morgan fingerprint density at radius 2 is 1.64 bits per heavy atom. The lowest BCUT2D eigenvalue weighted by atomic mass is 9.99. The minimum Gasteiger partial charge on any atom is -0.748 e. The summed E-state index contributed by atoms with van der Waals surface area (Å²) in [6.45, 7) is 1.46. The van der Waals surface area contributed by atoms with Crippen LogP contribution in [0, 0.1) is 10.5 Å². The molecule has 25 heavy (non-hydrogen) atoms. The summed E-state index contributed by atoms with van der Waals surface area (Å²) in [6.07, 6.45) is -12.6. The molecule has 0 radical (unpaired) electrons. The molecule has 1 N–H and O–H groups in total. The van der Waals surface area contributed by atoms with Gasteiger partial charge in [-0.1, -0.05) is 0 Å². The highest BCUT2D eigenvalue weighted by Gasteiger charge is 2.72. The van der Waals surface area contributed by atoms with Crippen molar-refractivity contribution in [2.45, 2.75) is 24.8 Å². The topological polar surface area (TPSA) is 86.3 Å². The third-order valence-corrected chi connectivity index (χ3v) is 5.11. The van der Waals surface area contributed by atoms with E-state index in [1.54, 1.807) is 0 Å². The first kappa shape index (κ1) is 22.0. The van der Waals surface area contributed by atoms with E-state index in [-0.39, 0.29) is 0 Å². The molecule has 1 aromatic carbocycles. The summed E-state index contributed by atoms with van der Waals surface area (Å²) in [5.74, 6) is -4.74. The van der Waals surface area contributed by atoms with Gasteiger partial charge in [0.1, 0.15) is 0 Å². The van der Waals surface area contributed by atoms with Crippen molar-refractivity contribution in [2.24, 2.45) is 0 Å². The first-order chi connectivity index (χ1) is 11.0. The molecule has 0 saturated heterocycles. The highest BCUT2D eigenvalue weighted by atomic mass is 127. The maximum atomic E-state index is 13.1. The van der Waals surface area contributed by atoms with Crippen molar-refractivity contribution < 1.29 is 44.1 Å². The Morgan fingerprint density at radius 3 is 2.00 bits per heavy atom. The third-order valence-electron chi connectivity index (χ3n) is 3.11. The zero-order valence-corrected chi connectivity index (χ0v) is 15.1. The predicted molar refractivity (Wildman–Crippen MR) is 80.8 cm³/mol. The van der Waals surface area contributed by atoms with E-state index in [2.05, 4.69) is 0 Å². The van der Waals surface area contributed by atoms with E-state index in [0.29, 0.717) is 14.5 Å². The van der Waals surface area contributed by atoms with E-state index in [0.717, 1.165) is 12.1 Å². The van der Waals surface area contributed by atoms with E-state index >= 15 is 0 Å². The number of nitrogens with one attached hydrogen (secondary N) is 1. The summed E-state index contributed by atoms with van der Waals surface area (Å²) in [4.78, 5) is 11.9. The average Bonchev–Trinajstić information content (AvgIpc) is 2.36. The molecule has 0 aliphatic heterocycles. The molecule has 13 heteroatoms. The zero-order valence-electron chi connectivity index (χ0n) is 12.1. The van der Waals surface area contributed by atoms with Gasteiger partial charge in [0.2, 0.25) is 5.54 Å². The Kier molecular flexibility index (Phi) is 6.06. The molecule has 0 aliphatic carbocycles. The van der Waals surface area contributed by atoms with Gasteiger partial charge in [-0.3, -0.25) is 4.79 Å². The lowest BCUT2D eigenvalue weighted by Crippen LogP contribution is -2.70.